The van der Waals surface area contributed by atoms with Gasteiger partial charge in [0.05, 0.1) is 11.7 Å². The van der Waals surface area contributed by atoms with Crippen molar-refractivity contribution in [2.75, 3.05) is 31.8 Å². The molecule has 1 aliphatic heterocycles. The summed E-state index contributed by atoms with van der Waals surface area (Å²) in [6.45, 7) is 1.04. The number of hydrogen-bond acceptors (Lipinski definition) is 5. The summed E-state index contributed by atoms with van der Waals surface area (Å²) in [5.41, 5.74) is 1.38. The monoisotopic (exact) mass is 362 g/mol. The van der Waals surface area contributed by atoms with Gasteiger partial charge in [-0.3, -0.25) is 0 Å². The fraction of sp³-hybridized carbons (Fsp3) is 0.368. The average molecular weight is 363 g/mol. The Labute approximate surface area is 152 Å². The minimum absolute atomic E-state index is 0.516. The van der Waals surface area contributed by atoms with E-state index in [-0.39, 0.29) is 0 Å². The van der Waals surface area contributed by atoms with Crippen LogP contribution in [0.2, 0.25) is 0 Å². The first-order chi connectivity index (χ1) is 11.8. The molecule has 1 fully saturated rings. The lowest BCUT2D eigenvalue weighted by Gasteiger charge is -2.21. The summed E-state index contributed by atoms with van der Waals surface area (Å²) < 4.78 is 17.1. The molecule has 1 saturated heterocycles. The molecule has 0 amide bonds. The first-order valence-electron chi connectivity index (χ1n) is 8.08. The molecule has 0 saturated carbocycles. The van der Waals surface area contributed by atoms with Crippen LogP contribution in [-0.4, -0.2) is 31.8 Å². The highest BCUT2D eigenvalue weighted by atomic mass is 32.2. The highest BCUT2D eigenvalue weighted by Crippen LogP contribution is 2.43. The van der Waals surface area contributed by atoms with Crippen molar-refractivity contribution in [3.8, 4) is 17.2 Å². The summed E-state index contributed by atoms with van der Waals surface area (Å²) in [4.78, 5) is 0. The summed E-state index contributed by atoms with van der Waals surface area (Å²) in [5, 5.41) is 0. The maximum atomic E-state index is 5.75. The van der Waals surface area contributed by atoms with Gasteiger partial charge in [-0.25, -0.2) is 0 Å². The SMILES string of the molecule is COc1ccc(OCCOc2ccc(C3SCCCS3)cc2)cc1. The van der Waals surface area contributed by atoms with E-state index in [4.69, 9.17) is 14.2 Å². The van der Waals surface area contributed by atoms with Crippen LogP contribution in [0.1, 0.15) is 16.6 Å². The first kappa shape index (κ1) is 17.4. The van der Waals surface area contributed by atoms with Gasteiger partial charge in [-0.05, 0) is 59.9 Å². The highest BCUT2D eigenvalue weighted by molar-refractivity contribution is 8.16. The molecule has 24 heavy (non-hydrogen) atoms. The van der Waals surface area contributed by atoms with E-state index in [0.717, 1.165) is 17.2 Å². The van der Waals surface area contributed by atoms with Gasteiger partial charge in [-0.2, -0.15) is 0 Å². The summed E-state index contributed by atoms with van der Waals surface area (Å²) in [6.07, 6.45) is 1.32. The summed E-state index contributed by atoms with van der Waals surface area (Å²) in [5.74, 6) is 5.06. The topological polar surface area (TPSA) is 27.7 Å². The Morgan fingerprint density at radius 2 is 1.29 bits per heavy atom. The van der Waals surface area contributed by atoms with Crippen LogP contribution in [0.25, 0.3) is 0 Å². The van der Waals surface area contributed by atoms with E-state index in [1.54, 1.807) is 7.11 Å². The zero-order valence-corrected chi connectivity index (χ0v) is 15.4. The van der Waals surface area contributed by atoms with Crippen molar-refractivity contribution in [3.05, 3.63) is 54.1 Å². The van der Waals surface area contributed by atoms with Crippen LogP contribution in [0, 0.1) is 0 Å². The molecule has 0 atom stereocenters. The zero-order chi connectivity index (χ0) is 16.6. The van der Waals surface area contributed by atoms with Gasteiger partial charge in [0.15, 0.2) is 0 Å². The van der Waals surface area contributed by atoms with Gasteiger partial charge in [0.1, 0.15) is 30.5 Å². The maximum Gasteiger partial charge on any atom is 0.122 e. The second-order valence-corrected chi connectivity index (χ2v) is 8.09. The first-order valence-corrected chi connectivity index (χ1v) is 10.2. The predicted molar refractivity (Wildman–Crippen MR) is 103 cm³/mol. The van der Waals surface area contributed by atoms with Crippen molar-refractivity contribution in [1.29, 1.82) is 0 Å². The van der Waals surface area contributed by atoms with Crippen LogP contribution in [0.5, 0.6) is 17.2 Å². The molecule has 0 aliphatic carbocycles. The van der Waals surface area contributed by atoms with Crippen LogP contribution in [0.4, 0.5) is 0 Å². The normalized spacial score (nSPS) is 15.0. The lowest BCUT2D eigenvalue weighted by Crippen LogP contribution is -2.09. The molecular weight excluding hydrogens is 340 g/mol. The molecule has 0 bridgehead atoms. The van der Waals surface area contributed by atoms with E-state index in [9.17, 15) is 0 Å². The molecule has 1 aliphatic rings. The average Bonchev–Trinajstić information content (AvgIpc) is 2.67. The van der Waals surface area contributed by atoms with E-state index in [0.29, 0.717) is 17.8 Å². The van der Waals surface area contributed by atoms with E-state index in [1.807, 2.05) is 47.8 Å². The minimum atomic E-state index is 0.516. The Bertz CT molecular complexity index is 608. The number of thioether (sulfide) groups is 2. The highest BCUT2D eigenvalue weighted by Gasteiger charge is 2.16. The molecule has 2 aromatic rings. The van der Waals surface area contributed by atoms with E-state index < -0.39 is 0 Å². The molecule has 0 radical (unpaired) electrons. The fourth-order valence-corrected chi connectivity index (χ4v) is 5.29. The van der Waals surface area contributed by atoms with Gasteiger partial charge in [0.25, 0.3) is 0 Å². The summed E-state index contributed by atoms with van der Waals surface area (Å²) >= 11 is 4.07. The molecule has 5 heteroatoms. The number of rotatable bonds is 7. The van der Waals surface area contributed by atoms with E-state index in [2.05, 4.69) is 24.3 Å². The molecular formula is C19H22O3S2. The van der Waals surface area contributed by atoms with Gasteiger partial charge in [0, 0.05) is 0 Å². The second kappa shape index (κ2) is 9.14. The van der Waals surface area contributed by atoms with Crippen molar-refractivity contribution in [1.82, 2.24) is 0 Å². The second-order valence-electron chi connectivity index (χ2n) is 5.37. The van der Waals surface area contributed by atoms with Gasteiger partial charge < -0.3 is 14.2 Å². The zero-order valence-electron chi connectivity index (χ0n) is 13.8. The summed E-state index contributed by atoms with van der Waals surface area (Å²) in [7, 11) is 1.65. The standard InChI is InChI=1S/C19H22O3S2/c1-20-16-7-9-18(10-8-16)22-12-11-21-17-5-3-15(4-6-17)19-23-13-2-14-24-19/h3-10,19H,2,11-14H2,1H3. The molecule has 0 spiro atoms. The molecule has 2 aromatic carbocycles. The third-order valence-electron chi connectivity index (χ3n) is 3.66. The van der Waals surface area contributed by atoms with Crippen molar-refractivity contribution in [2.45, 2.75) is 11.0 Å². The third-order valence-corrected chi connectivity index (χ3v) is 6.67. The number of ether oxygens (including phenoxy) is 3. The Morgan fingerprint density at radius 3 is 1.83 bits per heavy atom. The van der Waals surface area contributed by atoms with Gasteiger partial charge in [0.2, 0.25) is 0 Å². The van der Waals surface area contributed by atoms with Crippen molar-refractivity contribution < 1.29 is 14.2 Å². The van der Waals surface area contributed by atoms with Gasteiger partial charge in [-0.1, -0.05) is 12.1 Å². The smallest absolute Gasteiger partial charge is 0.122 e. The van der Waals surface area contributed by atoms with E-state index in [1.165, 1.54) is 23.5 Å². The molecule has 3 rings (SSSR count). The van der Waals surface area contributed by atoms with E-state index >= 15 is 0 Å². The Hall–Kier alpha value is -1.46. The Morgan fingerprint density at radius 1 is 0.792 bits per heavy atom. The third kappa shape index (κ3) is 5.02. The quantitative estimate of drug-likeness (QED) is 0.645. The lowest BCUT2D eigenvalue weighted by molar-refractivity contribution is 0.217. The molecule has 128 valence electrons. The fourth-order valence-electron chi connectivity index (χ4n) is 2.39. The van der Waals surface area contributed by atoms with Crippen molar-refractivity contribution in [3.63, 3.8) is 0 Å². The lowest BCUT2D eigenvalue weighted by atomic mass is 10.2. The number of benzene rings is 2. The van der Waals surface area contributed by atoms with Crippen LogP contribution in [0.15, 0.2) is 48.5 Å². The Kier molecular flexibility index (Phi) is 6.61. The van der Waals surface area contributed by atoms with Crippen LogP contribution in [-0.2, 0) is 0 Å². The maximum absolute atomic E-state index is 5.75. The Balaban J connectivity index is 1.41. The molecule has 0 aromatic heterocycles. The van der Waals surface area contributed by atoms with Crippen molar-refractivity contribution in [2.24, 2.45) is 0 Å². The van der Waals surface area contributed by atoms with Gasteiger partial charge in [-0.15, -0.1) is 23.5 Å². The molecule has 3 nitrogen and oxygen atoms in total. The largest absolute Gasteiger partial charge is 0.497 e. The predicted octanol–water partition coefficient (Wildman–Crippen LogP) is 5.02. The number of hydrogen-bond donors (Lipinski definition) is 0. The van der Waals surface area contributed by atoms with Crippen LogP contribution >= 0.6 is 23.5 Å². The van der Waals surface area contributed by atoms with Crippen LogP contribution < -0.4 is 14.2 Å². The molecule has 0 unspecified atom stereocenters. The molecule has 1 heterocycles. The van der Waals surface area contributed by atoms with Crippen molar-refractivity contribution >= 4 is 23.5 Å². The molecule has 0 N–H and O–H groups in total. The van der Waals surface area contributed by atoms with Crippen LogP contribution in [0.3, 0.4) is 0 Å². The summed E-state index contributed by atoms with van der Waals surface area (Å²) in [6, 6.07) is 16.0. The minimum Gasteiger partial charge on any atom is -0.497 e. The number of methoxy groups -OCH3 is 1. The van der Waals surface area contributed by atoms with Gasteiger partial charge >= 0.3 is 0 Å².